The highest BCUT2D eigenvalue weighted by molar-refractivity contribution is 8.01. The van der Waals surface area contributed by atoms with Crippen LogP contribution in [0.4, 0.5) is 0 Å². The highest BCUT2D eigenvalue weighted by Crippen LogP contribution is 2.56. The molecule has 1 unspecified atom stereocenters. The number of fused-ring (bicyclic) bond motifs is 2. The van der Waals surface area contributed by atoms with Gasteiger partial charge in [0, 0.05) is 6.92 Å². The summed E-state index contributed by atoms with van der Waals surface area (Å²) in [5.74, 6) is 0.934. The summed E-state index contributed by atoms with van der Waals surface area (Å²) in [7, 11) is 0. The van der Waals surface area contributed by atoms with E-state index >= 15 is 0 Å². The first-order chi connectivity index (χ1) is 14.7. The van der Waals surface area contributed by atoms with Crippen molar-refractivity contribution in [2.24, 2.45) is 0 Å². The summed E-state index contributed by atoms with van der Waals surface area (Å²) >= 11 is 1.51. The second-order valence-corrected chi connectivity index (χ2v) is 9.85. The van der Waals surface area contributed by atoms with Gasteiger partial charge in [0.2, 0.25) is 17.5 Å². The number of esters is 1. The van der Waals surface area contributed by atoms with Crippen molar-refractivity contribution < 1.29 is 23.9 Å². The van der Waals surface area contributed by atoms with Crippen molar-refractivity contribution in [3.05, 3.63) is 60.2 Å². The van der Waals surface area contributed by atoms with Gasteiger partial charge < -0.3 is 14.8 Å². The van der Waals surface area contributed by atoms with Crippen LogP contribution in [0.5, 0.6) is 11.5 Å². The molecule has 162 valence electrons. The molecule has 2 aromatic rings. The minimum absolute atomic E-state index is 0.0917. The zero-order valence-corrected chi connectivity index (χ0v) is 18.4. The minimum atomic E-state index is -1.47. The maximum atomic E-state index is 13.0. The topological polar surface area (TPSA) is 88.2 Å². The standard InChI is InChI=1S/C17H20N2O4S.C6H4O/c1-11(20)18-17(15(22)23-10-12-7-5-4-6-8-12)16(2,3)24-14-9-13(21)19(14)17;1-2-4-6-5(3-1)7-6/h4-8,14H,9-10H2,1-3H3,(H,18,20);1-4H/t14-,17?;/m1./s1. The van der Waals surface area contributed by atoms with Crippen LogP contribution in [0, 0.1) is 0 Å². The summed E-state index contributed by atoms with van der Waals surface area (Å²) in [6.07, 6.45) is 0.376. The second kappa shape index (κ2) is 7.92. The molecule has 7 nitrogen and oxygen atoms in total. The number of hydrogen-bond donors (Lipinski definition) is 1. The van der Waals surface area contributed by atoms with Crippen LogP contribution >= 0.6 is 11.8 Å². The lowest BCUT2D eigenvalue weighted by Crippen LogP contribution is -2.75. The molecule has 3 aliphatic rings. The highest BCUT2D eigenvalue weighted by Gasteiger charge is 2.70. The van der Waals surface area contributed by atoms with Gasteiger partial charge >= 0.3 is 5.97 Å². The van der Waals surface area contributed by atoms with Crippen LogP contribution in [0.15, 0.2) is 54.6 Å². The lowest BCUT2D eigenvalue weighted by Gasteiger charge is -2.47. The van der Waals surface area contributed by atoms with Gasteiger partial charge in [0.25, 0.3) is 0 Å². The number of para-hydroxylation sites is 2. The summed E-state index contributed by atoms with van der Waals surface area (Å²) in [6, 6.07) is 17.1. The number of hydrogen-bond acceptors (Lipinski definition) is 6. The Bertz CT molecular complexity index is 1000. The van der Waals surface area contributed by atoms with Crippen molar-refractivity contribution in [1.29, 1.82) is 0 Å². The quantitative estimate of drug-likeness (QED) is 0.380. The molecule has 0 saturated carbocycles. The summed E-state index contributed by atoms with van der Waals surface area (Å²) < 4.78 is 9.74. The van der Waals surface area contributed by atoms with Gasteiger partial charge in [-0.15, -0.1) is 11.8 Å². The molecule has 0 aromatic heterocycles. The normalized spacial score (nSPS) is 23.8. The molecule has 2 amide bonds. The van der Waals surface area contributed by atoms with Crippen LogP contribution in [-0.2, 0) is 25.7 Å². The average molecular weight is 441 g/mol. The molecular weight excluding hydrogens is 416 g/mol. The van der Waals surface area contributed by atoms with E-state index in [4.69, 9.17) is 9.47 Å². The molecule has 8 heteroatoms. The van der Waals surface area contributed by atoms with E-state index in [1.165, 1.54) is 23.6 Å². The predicted octanol–water partition coefficient (Wildman–Crippen LogP) is 3.44. The SMILES string of the molecule is CC(=O)NC1(C(=O)OCc2ccccc2)N2C(=O)C[C@H]2SC1(C)C.c1ccc2c(c1)O2. The Morgan fingerprint density at radius 3 is 2.29 bits per heavy atom. The Morgan fingerprint density at radius 2 is 1.74 bits per heavy atom. The van der Waals surface area contributed by atoms with Crippen molar-refractivity contribution in [3.8, 4) is 11.5 Å². The highest BCUT2D eigenvalue weighted by atomic mass is 32.2. The van der Waals surface area contributed by atoms with E-state index in [1.807, 2.05) is 68.4 Å². The number of carbonyl (C=O) groups excluding carboxylic acids is 3. The van der Waals surface area contributed by atoms with Gasteiger partial charge in [-0.25, -0.2) is 4.79 Å². The molecule has 2 fully saturated rings. The average Bonchev–Trinajstić information content (AvgIpc) is 3.48. The van der Waals surface area contributed by atoms with E-state index in [0.29, 0.717) is 6.42 Å². The third-order valence-corrected chi connectivity index (χ3v) is 7.00. The third kappa shape index (κ3) is 3.87. The van der Waals surface area contributed by atoms with Gasteiger partial charge in [0.05, 0.1) is 16.5 Å². The Kier molecular flexibility index (Phi) is 5.43. The lowest BCUT2D eigenvalue weighted by atomic mass is 9.89. The van der Waals surface area contributed by atoms with Crippen LogP contribution in [0.3, 0.4) is 0 Å². The van der Waals surface area contributed by atoms with Gasteiger partial charge in [-0.1, -0.05) is 42.5 Å². The van der Waals surface area contributed by atoms with Gasteiger partial charge in [-0.3, -0.25) is 14.5 Å². The Hall–Kier alpha value is -3.00. The zero-order chi connectivity index (χ0) is 22.2. The molecule has 0 aliphatic carbocycles. The number of nitrogens with one attached hydrogen (secondary N) is 1. The molecule has 1 N–H and O–H groups in total. The van der Waals surface area contributed by atoms with Crippen molar-refractivity contribution in [1.82, 2.24) is 10.2 Å². The molecule has 3 aliphatic heterocycles. The summed E-state index contributed by atoms with van der Waals surface area (Å²) in [5.41, 5.74) is -0.628. The largest absolute Gasteiger partial charge is 0.458 e. The molecular formula is C23H24N2O5S. The van der Waals surface area contributed by atoms with Crippen molar-refractivity contribution in [2.75, 3.05) is 0 Å². The number of ether oxygens (including phenoxy) is 2. The molecule has 2 saturated heterocycles. The second-order valence-electron chi connectivity index (χ2n) is 8.05. The molecule has 2 atom stereocenters. The van der Waals surface area contributed by atoms with E-state index in [-0.39, 0.29) is 23.8 Å². The fourth-order valence-electron chi connectivity index (χ4n) is 3.90. The van der Waals surface area contributed by atoms with Crippen LogP contribution in [0.25, 0.3) is 0 Å². The first-order valence-electron chi connectivity index (χ1n) is 10.0. The molecule has 2 aromatic carbocycles. The Labute approximate surface area is 185 Å². The van der Waals surface area contributed by atoms with Crippen molar-refractivity contribution in [3.63, 3.8) is 0 Å². The van der Waals surface area contributed by atoms with E-state index in [1.54, 1.807) is 0 Å². The van der Waals surface area contributed by atoms with Gasteiger partial charge in [0.1, 0.15) is 6.61 Å². The minimum Gasteiger partial charge on any atom is -0.458 e. The van der Waals surface area contributed by atoms with Crippen LogP contribution in [0.2, 0.25) is 0 Å². The number of amides is 2. The fraction of sp³-hybridized carbons (Fsp3) is 0.348. The van der Waals surface area contributed by atoms with Gasteiger partial charge in [-0.05, 0) is 31.5 Å². The molecule has 0 bridgehead atoms. The van der Waals surface area contributed by atoms with Crippen molar-refractivity contribution in [2.45, 2.75) is 49.6 Å². The zero-order valence-electron chi connectivity index (χ0n) is 17.6. The first kappa shape index (κ1) is 21.2. The lowest BCUT2D eigenvalue weighted by molar-refractivity contribution is -0.178. The predicted molar refractivity (Wildman–Crippen MR) is 116 cm³/mol. The van der Waals surface area contributed by atoms with Gasteiger partial charge in [-0.2, -0.15) is 0 Å². The summed E-state index contributed by atoms with van der Waals surface area (Å²) in [6.45, 7) is 5.13. The van der Waals surface area contributed by atoms with E-state index in [9.17, 15) is 14.4 Å². The van der Waals surface area contributed by atoms with Crippen molar-refractivity contribution >= 4 is 29.5 Å². The first-order valence-corrected chi connectivity index (χ1v) is 10.9. The number of thioether (sulfide) groups is 1. The Morgan fingerprint density at radius 1 is 1.13 bits per heavy atom. The summed E-state index contributed by atoms with van der Waals surface area (Å²) in [4.78, 5) is 38.4. The maximum Gasteiger partial charge on any atom is 0.355 e. The summed E-state index contributed by atoms with van der Waals surface area (Å²) in [5, 5.41) is 2.61. The number of β-lactam (4-membered cyclic amide) rings is 1. The molecule has 31 heavy (non-hydrogen) atoms. The molecule has 5 rings (SSSR count). The number of rotatable bonds is 4. The van der Waals surface area contributed by atoms with Crippen LogP contribution in [0.1, 0.15) is 32.8 Å². The smallest absolute Gasteiger partial charge is 0.355 e. The molecule has 0 spiro atoms. The van der Waals surface area contributed by atoms with E-state index in [0.717, 1.165) is 17.1 Å². The maximum absolute atomic E-state index is 13.0. The van der Waals surface area contributed by atoms with Crippen LogP contribution in [-0.4, -0.2) is 38.5 Å². The Balaban J connectivity index is 0.000000275. The van der Waals surface area contributed by atoms with E-state index < -0.39 is 16.4 Å². The monoisotopic (exact) mass is 440 g/mol. The molecule has 3 heterocycles. The van der Waals surface area contributed by atoms with E-state index in [2.05, 4.69) is 5.32 Å². The third-order valence-electron chi connectivity index (χ3n) is 5.46. The number of carbonyl (C=O) groups is 3. The fourth-order valence-corrected chi connectivity index (χ4v) is 5.59. The number of nitrogens with zero attached hydrogens (tertiary/aromatic N) is 1. The van der Waals surface area contributed by atoms with Gasteiger partial charge in [0.15, 0.2) is 11.5 Å². The van der Waals surface area contributed by atoms with Crippen LogP contribution < -0.4 is 10.1 Å². The number of benzene rings is 2. The molecule has 0 radical (unpaired) electrons.